The summed E-state index contributed by atoms with van der Waals surface area (Å²) >= 11 is 0. The SMILES string of the molecule is CC1(C)c2cc3ccccc3cc2-c2cccc(-c3ccc(-c4nc(-c5ccccc5)cc(-c5ccc6ccncc6c5)n4)c4ccccc34)c21. The van der Waals surface area contributed by atoms with Crippen LogP contribution in [0.1, 0.15) is 25.0 Å². The highest BCUT2D eigenvalue weighted by molar-refractivity contribution is 6.06. The molecule has 3 heteroatoms. The van der Waals surface area contributed by atoms with Gasteiger partial charge in [0, 0.05) is 39.9 Å². The van der Waals surface area contributed by atoms with Gasteiger partial charge in [-0.15, -0.1) is 0 Å². The van der Waals surface area contributed by atoms with Crippen LogP contribution in [0.15, 0.2) is 164 Å². The summed E-state index contributed by atoms with van der Waals surface area (Å²) in [7, 11) is 0. The van der Waals surface area contributed by atoms with E-state index in [1.54, 1.807) is 0 Å². The number of aromatic nitrogens is 3. The molecule has 0 saturated carbocycles. The van der Waals surface area contributed by atoms with Crippen molar-refractivity contribution in [3.63, 3.8) is 0 Å². The summed E-state index contributed by atoms with van der Waals surface area (Å²) in [4.78, 5) is 14.9. The highest BCUT2D eigenvalue weighted by Gasteiger charge is 2.38. The van der Waals surface area contributed by atoms with Gasteiger partial charge < -0.3 is 0 Å². The number of pyridine rings is 1. The first kappa shape index (κ1) is 29.5. The van der Waals surface area contributed by atoms with Crippen molar-refractivity contribution in [2.24, 2.45) is 0 Å². The second-order valence-corrected chi connectivity index (χ2v) is 14.1. The van der Waals surface area contributed by atoms with Crippen LogP contribution in [-0.4, -0.2) is 15.0 Å². The van der Waals surface area contributed by atoms with E-state index in [0.717, 1.165) is 44.2 Å². The van der Waals surface area contributed by atoms with E-state index in [1.165, 1.54) is 49.5 Å². The second kappa shape index (κ2) is 11.3. The minimum atomic E-state index is -0.164. The van der Waals surface area contributed by atoms with Crippen LogP contribution in [0.2, 0.25) is 0 Å². The van der Waals surface area contributed by atoms with Gasteiger partial charge in [-0.05, 0) is 96.7 Å². The lowest BCUT2D eigenvalue weighted by atomic mass is 9.78. The molecule has 240 valence electrons. The normalized spacial score (nSPS) is 13.1. The van der Waals surface area contributed by atoms with Crippen molar-refractivity contribution in [2.75, 3.05) is 0 Å². The smallest absolute Gasteiger partial charge is 0.161 e. The predicted molar refractivity (Wildman–Crippen MR) is 212 cm³/mol. The highest BCUT2D eigenvalue weighted by Crippen LogP contribution is 2.54. The molecule has 0 fully saturated rings. The zero-order valence-corrected chi connectivity index (χ0v) is 28.4. The van der Waals surface area contributed by atoms with Crippen molar-refractivity contribution in [1.29, 1.82) is 0 Å². The van der Waals surface area contributed by atoms with Crippen molar-refractivity contribution in [2.45, 2.75) is 19.3 Å². The molecule has 2 heterocycles. The van der Waals surface area contributed by atoms with Gasteiger partial charge in [0.15, 0.2) is 5.82 Å². The number of fused-ring (bicyclic) bond motifs is 6. The molecule has 0 saturated heterocycles. The molecule has 3 nitrogen and oxygen atoms in total. The molecule has 0 amide bonds. The van der Waals surface area contributed by atoms with Crippen LogP contribution in [0, 0.1) is 0 Å². The third-order valence-corrected chi connectivity index (χ3v) is 10.7. The molecule has 0 atom stereocenters. The van der Waals surface area contributed by atoms with Gasteiger partial charge in [-0.2, -0.15) is 0 Å². The monoisotopic (exact) mass is 651 g/mol. The molecule has 2 aromatic heterocycles. The summed E-state index contributed by atoms with van der Waals surface area (Å²) in [6.45, 7) is 4.75. The molecular formula is C48H33N3. The first-order valence-electron chi connectivity index (χ1n) is 17.5. The van der Waals surface area contributed by atoms with Crippen LogP contribution >= 0.6 is 0 Å². The van der Waals surface area contributed by atoms with Crippen LogP contribution in [0.5, 0.6) is 0 Å². The molecular weight excluding hydrogens is 619 g/mol. The van der Waals surface area contributed by atoms with Crippen LogP contribution < -0.4 is 0 Å². The molecule has 0 radical (unpaired) electrons. The number of benzene rings is 7. The standard InChI is InChI=1S/C48H33N3/c1-48(2)43-27-33-14-7-6-13-32(33)26-42(43)40-18-10-17-39(46(40)48)38-21-22-41(37-16-9-8-15-36(37)38)47-50-44(31-11-4-3-5-12-31)28-45(51-47)34-20-19-30-23-24-49-29-35(30)25-34/h3-29H,1-2H3. The Balaban J connectivity index is 1.17. The third-order valence-electron chi connectivity index (χ3n) is 10.7. The fraction of sp³-hybridized carbons (Fsp3) is 0.0625. The maximum Gasteiger partial charge on any atom is 0.161 e. The molecule has 1 aliphatic carbocycles. The largest absolute Gasteiger partial charge is 0.264 e. The first-order valence-corrected chi connectivity index (χ1v) is 17.5. The van der Waals surface area contributed by atoms with Gasteiger partial charge in [-0.1, -0.05) is 129 Å². The average molecular weight is 652 g/mol. The van der Waals surface area contributed by atoms with E-state index in [4.69, 9.17) is 9.97 Å². The Morgan fingerprint density at radius 3 is 1.90 bits per heavy atom. The Hall–Kier alpha value is -6.45. The molecule has 0 N–H and O–H groups in total. The summed E-state index contributed by atoms with van der Waals surface area (Å²) in [5.74, 6) is 0.707. The van der Waals surface area contributed by atoms with Crippen molar-refractivity contribution >= 4 is 32.3 Å². The van der Waals surface area contributed by atoms with Crippen molar-refractivity contribution < 1.29 is 0 Å². The summed E-state index contributed by atoms with van der Waals surface area (Å²) in [5.41, 5.74) is 12.6. The topological polar surface area (TPSA) is 38.7 Å². The summed E-state index contributed by atoms with van der Waals surface area (Å²) in [6, 6.07) is 54.5. The van der Waals surface area contributed by atoms with E-state index in [0.29, 0.717) is 5.82 Å². The minimum absolute atomic E-state index is 0.164. The fourth-order valence-corrected chi connectivity index (χ4v) is 8.24. The molecule has 0 aliphatic heterocycles. The zero-order valence-electron chi connectivity index (χ0n) is 28.4. The number of nitrogens with zero attached hydrogens (tertiary/aromatic N) is 3. The Morgan fingerprint density at radius 2 is 1.10 bits per heavy atom. The van der Waals surface area contributed by atoms with Gasteiger partial charge in [0.2, 0.25) is 0 Å². The lowest BCUT2D eigenvalue weighted by Crippen LogP contribution is -2.16. The molecule has 51 heavy (non-hydrogen) atoms. The molecule has 0 spiro atoms. The minimum Gasteiger partial charge on any atom is -0.264 e. The number of rotatable bonds is 4. The maximum absolute atomic E-state index is 5.26. The number of hydrogen-bond acceptors (Lipinski definition) is 3. The van der Waals surface area contributed by atoms with E-state index in [2.05, 4.69) is 158 Å². The maximum atomic E-state index is 5.26. The van der Waals surface area contributed by atoms with Crippen LogP contribution in [0.4, 0.5) is 0 Å². The zero-order chi connectivity index (χ0) is 34.1. The van der Waals surface area contributed by atoms with E-state index in [-0.39, 0.29) is 5.41 Å². The molecule has 1 aliphatic rings. The van der Waals surface area contributed by atoms with Crippen molar-refractivity contribution in [3.05, 3.63) is 175 Å². The molecule has 0 unspecified atom stereocenters. The van der Waals surface area contributed by atoms with Crippen molar-refractivity contribution in [3.8, 4) is 56.2 Å². The van der Waals surface area contributed by atoms with Crippen LogP contribution in [0.25, 0.3) is 88.5 Å². The Morgan fingerprint density at radius 1 is 0.431 bits per heavy atom. The van der Waals surface area contributed by atoms with E-state index in [9.17, 15) is 0 Å². The molecule has 7 aromatic carbocycles. The number of hydrogen-bond donors (Lipinski definition) is 0. The Labute approximate surface area is 297 Å². The van der Waals surface area contributed by atoms with Gasteiger partial charge in [0.25, 0.3) is 0 Å². The summed E-state index contributed by atoms with van der Waals surface area (Å²) in [5, 5.41) is 7.11. The van der Waals surface area contributed by atoms with Crippen molar-refractivity contribution in [1.82, 2.24) is 15.0 Å². The average Bonchev–Trinajstić information content (AvgIpc) is 3.41. The predicted octanol–water partition coefficient (Wildman–Crippen LogP) is 12.3. The van der Waals surface area contributed by atoms with E-state index in [1.807, 2.05) is 24.5 Å². The first-order chi connectivity index (χ1) is 25.0. The van der Waals surface area contributed by atoms with Crippen LogP contribution in [0.3, 0.4) is 0 Å². The van der Waals surface area contributed by atoms with Gasteiger partial charge >= 0.3 is 0 Å². The molecule has 0 bridgehead atoms. The highest BCUT2D eigenvalue weighted by atomic mass is 14.9. The third kappa shape index (κ3) is 4.69. The summed E-state index contributed by atoms with van der Waals surface area (Å²) < 4.78 is 0. The Kier molecular flexibility index (Phi) is 6.53. The van der Waals surface area contributed by atoms with Crippen LogP contribution in [-0.2, 0) is 5.41 Å². The van der Waals surface area contributed by atoms with Gasteiger partial charge in [0.1, 0.15) is 0 Å². The van der Waals surface area contributed by atoms with E-state index < -0.39 is 0 Å². The van der Waals surface area contributed by atoms with Gasteiger partial charge in [0.05, 0.1) is 11.4 Å². The molecule has 9 aromatic rings. The Bertz CT molecular complexity index is 2830. The lowest BCUT2D eigenvalue weighted by Gasteiger charge is -2.25. The molecule has 10 rings (SSSR count). The fourth-order valence-electron chi connectivity index (χ4n) is 8.24. The summed E-state index contributed by atoms with van der Waals surface area (Å²) in [6.07, 6.45) is 3.74. The van der Waals surface area contributed by atoms with E-state index >= 15 is 0 Å². The van der Waals surface area contributed by atoms with Gasteiger partial charge in [-0.3, -0.25) is 4.98 Å². The lowest BCUT2D eigenvalue weighted by molar-refractivity contribution is 0.663. The quantitative estimate of drug-likeness (QED) is 0.190. The van der Waals surface area contributed by atoms with Gasteiger partial charge in [-0.25, -0.2) is 9.97 Å². The second-order valence-electron chi connectivity index (χ2n) is 14.1.